The zero-order chi connectivity index (χ0) is 17.3. The average molecular weight is 327 g/mol. The zero-order valence-electron chi connectivity index (χ0n) is 12.2. The van der Waals surface area contributed by atoms with E-state index in [1.54, 1.807) is 0 Å². The quantitative estimate of drug-likeness (QED) is 0.574. The number of hydrogen-bond acceptors (Lipinski definition) is 1. The first kappa shape index (κ1) is 15.8. The highest BCUT2D eigenvalue weighted by Gasteiger charge is 2.17. The molecule has 5 heteroatoms. The number of halogens is 4. The lowest BCUT2D eigenvalue weighted by molar-refractivity contribution is 0.585. The molecule has 0 unspecified atom stereocenters. The van der Waals surface area contributed by atoms with Crippen molar-refractivity contribution in [1.29, 1.82) is 5.26 Å². The van der Waals surface area contributed by atoms with Crippen LogP contribution in [0.1, 0.15) is 5.56 Å². The third-order valence-corrected chi connectivity index (χ3v) is 3.62. The first-order valence-electron chi connectivity index (χ1n) is 6.95. The van der Waals surface area contributed by atoms with Crippen molar-refractivity contribution >= 4 is 0 Å². The van der Waals surface area contributed by atoms with Gasteiger partial charge in [0.25, 0.3) is 0 Å². The molecule has 0 aliphatic heterocycles. The number of rotatable bonds is 2. The van der Waals surface area contributed by atoms with E-state index in [2.05, 4.69) is 0 Å². The van der Waals surface area contributed by atoms with E-state index in [1.807, 2.05) is 6.07 Å². The second-order valence-corrected chi connectivity index (χ2v) is 5.09. The molecule has 0 aromatic heterocycles. The van der Waals surface area contributed by atoms with Crippen LogP contribution in [0.3, 0.4) is 0 Å². The summed E-state index contributed by atoms with van der Waals surface area (Å²) in [7, 11) is 0. The number of hydrogen-bond donors (Lipinski definition) is 0. The second kappa shape index (κ2) is 6.17. The maximum atomic E-state index is 14.0. The average Bonchev–Trinajstić information content (AvgIpc) is 2.54. The van der Waals surface area contributed by atoms with Gasteiger partial charge in [-0.2, -0.15) is 5.26 Å². The minimum Gasteiger partial charge on any atom is -0.207 e. The molecule has 3 rings (SSSR count). The molecule has 0 saturated carbocycles. The van der Waals surface area contributed by atoms with Crippen LogP contribution in [0.15, 0.2) is 54.6 Å². The van der Waals surface area contributed by atoms with Crippen molar-refractivity contribution < 1.29 is 17.6 Å². The minimum absolute atomic E-state index is 0.0218. The van der Waals surface area contributed by atoms with E-state index in [4.69, 9.17) is 0 Å². The van der Waals surface area contributed by atoms with Crippen LogP contribution in [-0.2, 0) is 0 Å². The van der Waals surface area contributed by atoms with Crippen LogP contribution in [0.5, 0.6) is 0 Å². The second-order valence-electron chi connectivity index (χ2n) is 5.09. The van der Waals surface area contributed by atoms with Gasteiger partial charge in [-0.05, 0) is 24.3 Å². The fraction of sp³-hybridized carbons (Fsp3) is 0. The summed E-state index contributed by atoms with van der Waals surface area (Å²) in [6.45, 7) is 0. The molecule has 0 spiro atoms. The van der Waals surface area contributed by atoms with Gasteiger partial charge in [0, 0.05) is 34.4 Å². The summed E-state index contributed by atoms with van der Waals surface area (Å²) in [5.74, 6) is -3.14. The Morgan fingerprint density at radius 2 is 1.08 bits per heavy atom. The Hall–Kier alpha value is -3.13. The lowest BCUT2D eigenvalue weighted by Crippen LogP contribution is -1.95. The van der Waals surface area contributed by atoms with Crippen LogP contribution in [0, 0.1) is 34.6 Å². The molecule has 0 N–H and O–H groups in total. The van der Waals surface area contributed by atoms with E-state index in [1.165, 1.54) is 30.3 Å². The summed E-state index contributed by atoms with van der Waals surface area (Å²) >= 11 is 0. The van der Waals surface area contributed by atoms with E-state index in [0.717, 1.165) is 12.1 Å². The lowest BCUT2D eigenvalue weighted by atomic mass is 9.92. The van der Waals surface area contributed by atoms with Gasteiger partial charge in [-0.3, -0.25) is 0 Å². The fourth-order valence-electron chi connectivity index (χ4n) is 2.54. The van der Waals surface area contributed by atoms with E-state index in [-0.39, 0.29) is 27.8 Å². The molecule has 0 radical (unpaired) electrons. The summed E-state index contributed by atoms with van der Waals surface area (Å²) in [5, 5.41) is 9.47. The van der Waals surface area contributed by atoms with E-state index < -0.39 is 23.3 Å². The topological polar surface area (TPSA) is 23.8 Å². The van der Waals surface area contributed by atoms with Gasteiger partial charge >= 0.3 is 0 Å². The largest absolute Gasteiger partial charge is 0.207 e. The fourth-order valence-corrected chi connectivity index (χ4v) is 2.54. The Kier molecular flexibility index (Phi) is 4.05. The van der Waals surface area contributed by atoms with E-state index in [0.29, 0.717) is 12.1 Å². The van der Waals surface area contributed by atoms with E-state index in [9.17, 15) is 22.8 Å². The Balaban J connectivity index is 2.26. The predicted molar refractivity (Wildman–Crippen MR) is 81.9 cm³/mol. The summed E-state index contributed by atoms with van der Waals surface area (Å²) < 4.78 is 54.3. The minimum atomic E-state index is -0.830. The van der Waals surface area contributed by atoms with Crippen molar-refractivity contribution in [2.75, 3.05) is 0 Å². The van der Waals surface area contributed by atoms with Crippen LogP contribution in [-0.4, -0.2) is 0 Å². The van der Waals surface area contributed by atoms with Gasteiger partial charge in [0.2, 0.25) is 0 Å². The van der Waals surface area contributed by atoms with Crippen molar-refractivity contribution in [3.63, 3.8) is 0 Å². The van der Waals surface area contributed by atoms with Crippen molar-refractivity contribution in [3.8, 4) is 28.3 Å². The van der Waals surface area contributed by atoms with Gasteiger partial charge < -0.3 is 0 Å². The molecule has 0 heterocycles. The molecule has 24 heavy (non-hydrogen) atoms. The molecule has 0 atom stereocenters. The molecule has 0 saturated heterocycles. The summed E-state index contributed by atoms with van der Waals surface area (Å²) in [5.41, 5.74) is 0.482. The van der Waals surface area contributed by atoms with Gasteiger partial charge in [0.1, 0.15) is 29.3 Å². The number of nitriles is 1. The molecule has 0 fully saturated rings. The zero-order valence-corrected chi connectivity index (χ0v) is 12.2. The molecular formula is C19H9F4N. The van der Waals surface area contributed by atoms with Crippen LogP contribution < -0.4 is 0 Å². The van der Waals surface area contributed by atoms with Gasteiger partial charge in [0.15, 0.2) is 0 Å². The molecule has 0 bridgehead atoms. The van der Waals surface area contributed by atoms with Gasteiger partial charge in [-0.1, -0.05) is 18.2 Å². The maximum Gasteiger partial charge on any atom is 0.133 e. The Labute approximate surface area is 135 Å². The Morgan fingerprint density at radius 1 is 0.625 bits per heavy atom. The lowest BCUT2D eigenvalue weighted by Gasteiger charge is -2.11. The number of nitrogens with zero attached hydrogens (tertiary/aromatic N) is 1. The normalized spacial score (nSPS) is 10.5. The highest BCUT2D eigenvalue weighted by atomic mass is 19.1. The molecule has 0 aliphatic rings. The molecule has 0 amide bonds. The summed E-state index contributed by atoms with van der Waals surface area (Å²) in [6, 6.07) is 12.4. The van der Waals surface area contributed by atoms with Crippen LogP contribution >= 0.6 is 0 Å². The van der Waals surface area contributed by atoms with Crippen LogP contribution in [0.2, 0.25) is 0 Å². The molecule has 1 nitrogen and oxygen atoms in total. The standard InChI is InChI=1S/C19H9F4N/c20-11-4-6-15(18(22)8-11)13-2-1-3-14(17(13)10-24)16-7-5-12(21)9-19(16)23/h1-9H. The van der Waals surface area contributed by atoms with Gasteiger partial charge in [-0.25, -0.2) is 17.6 Å². The monoisotopic (exact) mass is 327 g/mol. The molecule has 0 aliphatic carbocycles. The Morgan fingerprint density at radius 3 is 1.46 bits per heavy atom. The third-order valence-electron chi connectivity index (χ3n) is 3.62. The smallest absolute Gasteiger partial charge is 0.133 e. The molecular weight excluding hydrogens is 318 g/mol. The van der Waals surface area contributed by atoms with Crippen molar-refractivity contribution in [3.05, 3.63) is 83.4 Å². The molecule has 3 aromatic rings. The van der Waals surface area contributed by atoms with Crippen molar-refractivity contribution in [2.45, 2.75) is 0 Å². The van der Waals surface area contributed by atoms with Gasteiger partial charge in [0.05, 0.1) is 5.56 Å². The summed E-state index contributed by atoms with van der Waals surface area (Å²) in [6.07, 6.45) is 0. The SMILES string of the molecule is N#Cc1c(-c2ccc(F)cc2F)cccc1-c1ccc(F)cc1F. The molecule has 118 valence electrons. The van der Waals surface area contributed by atoms with Crippen LogP contribution in [0.25, 0.3) is 22.3 Å². The first-order valence-corrected chi connectivity index (χ1v) is 6.95. The predicted octanol–water partition coefficient (Wildman–Crippen LogP) is 5.45. The number of benzene rings is 3. The van der Waals surface area contributed by atoms with Crippen molar-refractivity contribution in [2.24, 2.45) is 0 Å². The molecule has 3 aromatic carbocycles. The Bertz CT molecular complexity index is 904. The van der Waals surface area contributed by atoms with E-state index >= 15 is 0 Å². The maximum absolute atomic E-state index is 14.0. The van der Waals surface area contributed by atoms with Crippen LogP contribution in [0.4, 0.5) is 17.6 Å². The first-order chi connectivity index (χ1) is 11.5. The highest BCUT2D eigenvalue weighted by molar-refractivity contribution is 5.82. The highest BCUT2D eigenvalue weighted by Crippen LogP contribution is 2.34. The summed E-state index contributed by atoms with van der Waals surface area (Å²) in [4.78, 5) is 0. The van der Waals surface area contributed by atoms with Crippen molar-refractivity contribution in [1.82, 2.24) is 0 Å². The van der Waals surface area contributed by atoms with Gasteiger partial charge in [-0.15, -0.1) is 0 Å². The third kappa shape index (κ3) is 2.74.